The molecule has 1 aliphatic carbocycles. The Kier molecular flexibility index (Phi) is 7.10. The first-order valence-electron chi connectivity index (χ1n) is 9.23. The van der Waals surface area contributed by atoms with Gasteiger partial charge in [0.05, 0.1) is 12.2 Å². The van der Waals surface area contributed by atoms with Crippen LogP contribution in [0.4, 0.5) is 0 Å². The number of carbonyl (C=O) groups is 1. The molecular formula is C20H31NO2. The van der Waals surface area contributed by atoms with E-state index in [2.05, 4.69) is 24.8 Å². The minimum absolute atomic E-state index is 0.151. The van der Waals surface area contributed by atoms with Gasteiger partial charge >= 0.3 is 5.97 Å². The summed E-state index contributed by atoms with van der Waals surface area (Å²) in [5, 5.41) is 0. The first-order valence-corrected chi connectivity index (χ1v) is 9.23. The van der Waals surface area contributed by atoms with E-state index in [1.54, 1.807) is 0 Å². The van der Waals surface area contributed by atoms with E-state index in [1.165, 1.54) is 30.4 Å². The van der Waals surface area contributed by atoms with Gasteiger partial charge in [0.15, 0.2) is 0 Å². The van der Waals surface area contributed by atoms with Crippen LogP contribution in [0.2, 0.25) is 0 Å². The first-order chi connectivity index (χ1) is 11.2. The van der Waals surface area contributed by atoms with E-state index in [9.17, 15) is 4.79 Å². The van der Waals surface area contributed by atoms with E-state index >= 15 is 0 Å². The van der Waals surface area contributed by atoms with Crippen LogP contribution in [0.3, 0.4) is 0 Å². The molecule has 0 aliphatic heterocycles. The van der Waals surface area contributed by atoms with Crippen molar-refractivity contribution in [3.8, 4) is 0 Å². The number of fused-ring (bicyclic) bond motifs is 1. The predicted octanol–water partition coefficient (Wildman–Crippen LogP) is 4.23. The molecule has 1 aliphatic rings. The maximum absolute atomic E-state index is 12.4. The Hall–Kier alpha value is -1.35. The monoisotopic (exact) mass is 317 g/mol. The van der Waals surface area contributed by atoms with Crippen molar-refractivity contribution in [3.63, 3.8) is 0 Å². The lowest BCUT2D eigenvalue weighted by atomic mass is 9.84. The molecule has 3 nitrogen and oxygen atoms in total. The number of esters is 1. The molecule has 0 amide bonds. The number of ether oxygens (including phenoxy) is 1. The van der Waals surface area contributed by atoms with Crippen molar-refractivity contribution in [3.05, 3.63) is 34.9 Å². The topological polar surface area (TPSA) is 29.5 Å². The quantitative estimate of drug-likeness (QED) is 0.672. The molecular weight excluding hydrogens is 286 g/mol. The van der Waals surface area contributed by atoms with Gasteiger partial charge in [0, 0.05) is 6.04 Å². The summed E-state index contributed by atoms with van der Waals surface area (Å²) in [6, 6.07) is 6.66. The minimum Gasteiger partial charge on any atom is -0.462 e. The van der Waals surface area contributed by atoms with E-state index < -0.39 is 0 Å². The van der Waals surface area contributed by atoms with E-state index in [1.807, 2.05) is 19.1 Å². The van der Waals surface area contributed by atoms with Crippen molar-refractivity contribution in [2.24, 2.45) is 0 Å². The highest BCUT2D eigenvalue weighted by molar-refractivity contribution is 5.91. The summed E-state index contributed by atoms with van der Waals surface area (Å²) in [5.41, 5.74) is 3.34. The standard InChI is InChI=1S/C20H31NO2/c1-4-12-21(13-5-2)17-11-10-16-8-7-9-18(19(16)15-17)20(22)23-14-6-3/h7-9,17H,4-6,10-15H2,1-3H3. The summed E-state index contributed by atoms with van der Waals surface area (Å²) >= 11 is 0. The molecule has 1 aromatic rings. The normalized spacial score (nSPS) is 17.1. The minimum atomic E-state index is -0.151. The lowest BCUT2D eigenvalue weighted by molar-refractivity contribution is 0.0502. The van der Waals surface area contributed by atoms with Crippen LogP contribution in [0.1, 0.15) is 67.9 Å². The zero-order chi connectivity index (χ0) is 16.7. The fourth-order valence-corrected chi connectivity index (χ4v) is 3.60. The van der Waals surface area contributed by atoms with Gasteiger partial charge in [0.2, 0.25) is 0 Å². The van der Waals surface area contributed by atoms with Crippen LogP contribution < -0.4 is 0 Å². The Bertz CT molecular complexity index is 506. The van der Waals surface area contributed by atoms with Gasteiger partial charge in [0.25, 0.3) is 0 Å². The van der Waals surface area contributed by atoms with Crippen molar-refractivity contribution in [1.82, 2.24) is 4.90 Å². The van der Waals surface area contributed by atoms with Gasteiger partial charge in [-0.25, -0.2) is 4.79 Å². The van der Waals surface area contributed by atoms with Gasteiger partial charge in [0.1, 0.15) is 0 Å². The highest BCUT2D eigenvalue weighted by atomic mass is 16.5. The lowest BCUT2D eigenvalue weighted by Crippen LogP contribution is -2.40. The van der Waals surface area contributed by atoms with E-state index in [0.29, 0.717) is 12.6 Å². The Balaban J connectivity index is 2.19. The molecule has 1 atom stereocenters. The molecule has 0 saturated carbocycles. The van der Waals surface area contributed by atoms with Crippen molar-refractivity contribution >= 4 is 5.97 Å². The molecule has 2 rings (SSSR count). The highest BCUT2D eigenvalue weighted by Gasteiger charge is 2.27. The molecule has 0 N–H and O–H groups in total. The van der Waals surface area contributed by atoms with Crippen molar-refractivity contribution in [2.45, 2.75) is 65.3 Å². The molecule has 23 heavy (non-hydrogen) atoms. The number of nitrogens with zero attached hydrogens (tertiary/aromatic N) is 1. The van der Waals surface area contributed by atoms with Crippen molar-refractivity contribution < 1.29 is 9.53 Å². The zero-order valence-electron chi connectivity index (χ0n) is 14.9. The van der Waals surface area contributed by atoms with Crippen LogP contribution in [-0.2, 0) is 17.6 Å². The second-order valence-electron chi connectivity index (χ2n) is 6.51. The molecule has 1 aromatic carbocycles. The van der Waals surface area contributed by atoms with E-state index in [-0.39, 0.29) is 5.97 Å². The summed E-state index contributed by atoms with van der Waals surface area (Å²) in [4.78, 5) is 15.0. The SMILES string of the molecule is CCCOC(=O)c1cccc2c1CC(N(CCC)CCC)CC2. The summed E-state index contributed by atoms with van der Waals surface area (Å²) in [7, 11) is 0. The fourth-order valence-electron chi connectivity index (χ4n) is 3.60. The molecule has 128 valence electrons. The summed E-state index contributed by atoms with van der Waals surface area (Å²) in [6.45, 7) is 9.31. The third kappa shape index (κ3) is 4.57. The molecule has 0 bridgehead atoms. The number of rotatable bonds is 8. The molecule has 1 unspecified atom stereocenters. The second-order valence-corrected chi connectivity index (χ2v) is 6.51. The third-order valence-corrected chi connectivity index (χ3v) is 4.65. The van der Waals surface area contributed by atoms with Crippen LogP contribution in [0.15, 0.2) is 18.2 Å². The van der Waals surface area contributed by atoms with Gasteiger partial charge in [-0.2, -0.15) is 0 Å². The van der Waals surface area contributed by atoms with Crippen molar-refractivity contribution in [2.75, 3.05) is 19.7 Å². The third-order valence-electron chi connectivity index (χ3n) is 4.65. The van der Waals surface area contributed by atoms with Gasteiger partial charge < -0.3 is 9.64 Å². The summed E-state index contributed by atoms with van der Waals surface area (Å²) < 4.78 is 5.38. The number of carbonyl (C=O) groups excluding carboxylic acids is 1. The molecule has 0 spiro atoms. The average Bonchev–Trinajstić information content (AvgIpc) is 2.58. The molecule has 0 saturated heterocycles. The number of hydrogen-bond donors (Lipinski definition) is 0. The van der Waals surface area contributed by atoms with E-state index in [4.69, 9.17) is 4.74 Å². The second kappa shape index (κ2) is 9.07. The summed E-state index contributed by atoms with van der Waals surface area (Å²) in [6.07, 6.45) is 6.48. The molecule has 0 fully saturated rings. The first kappa shape index (κ1) is 18.0. The largest absolute Gasteiger partial charge is 0.462 e. The van der Waals surface area contributed by atoms with E-state index in [0.717, 1.165) is 37.9 Å². The number of aryl methyl sites for hydroxylation is 1. The smallest absolute Gasteiger partial charge is 0.338 e. The average molecular weight is 317 g/mol. The summed E-state index contributed by atoms with van der Waals surface area (Å²) in [5.74, 6) is -0.151. The Morgan fingerprint density at radius 2 is 1.91 bits per heavy atom. The molecule has 3 heteroatoms. The van der Waals surface area contributed by atoms with Crippen LogP contribution >= 0.6 is 0 Å². The van der Waals surface area contributed by atoms with Crippen LogP contribution in [0.25, 0.3) is 0 Å². The van der Waals surface area contributed by atoms with Gasteiger partial charge in [-0.3, -0.25) is 0 Å². The van der Waals surface area contributed by atoms with Gasteiger partial charge in [-0.05, 0) is 68.8 Å². The fraction of sp³-hybridized carbons (Fsp3) is 0.650. The Morgan fingerprint density at radius 3 is 2.57 bits per heavy atom. The maximum Gasteiger partial charge on any atom is 0.338 e. The van der Waals surface area contributed by atoms with Crippen LogP contribution in [-0.4, -0.2) is 36.6 Å². The lowest BCUT2D eigenvalue weighted by Gasteiger charge is -2.35. The van der Waals surface area contributed by atoms with Crippen molar-refractivity contribution in [1.29, 1.82) is 0 Å². The van der Waals surface area contributed by atoms with Gasteiger partial charge in [-0.1, -0.05) is 32.9 Å². The number of hydrogen-bond acceptors (Lipinski definition) is 3. The Morgan fingerprint density at radius 1 is 1.17 bits per heavy atom. The van der Waals surface area contributed by atoms with Gasteiger partial charge in [-0.15, -0.1) is 0 Å². The Labute approximate surface area is 141 Å². The molecule has 0 radical (unpaired) electrons. The zero-order valence-corrected chi connectivity index (χ0v) is 14.9. The highest BCUT2D eigenvalue weighted by Crippen LogP contribution is 2.28. The molecule has 0 heterocycles. The number of benzene rings is 1. The van der Waals surface area contributed by atoms with Crippen LogP contribution in [0, 0.1) is 0 Å². The predicted molar refractivity (Wildman–Crippen MR) is 95.0 cm³/mol. The van der Waals surface area contributed by atoms with Crippen LogP contribution in [0.5, 0.6) is 0 Å². The maximum atomic E-state index is 12.4. The molecule has 0 aromatic heterocycles.